The SMILES string of the molecule is C=CCNc1nnc(SCCC(=O)Nc2c(C)n(C)n(-c3ccccc3)c2=O)s1. The van der Waals surface area contributed by atoms with Crippen LogP contribution in [-0.4, -0.2) is 37.8 Å². The van der Waals surface area contributed by atoms with Crippen LogP contribution in [0.25, 0.3) is 5.69 Å². The number of anilines is 2. The van der Waals surface area contributed by atoms with Gasteiger partial charge in [0.2, 0.25) is 11.0 Å². The van der Waals surface area contributed by atoms with E-state index in [1.807, 2.05) is 37.3 Å². The lowest BCUT2D eigenvalue weighted by molar-refractivity contribution is -0.115. The maximum absolute atomic E-state index is 12.8. The van der Waals surface area contributed by atoms with Gasteiger partial charge in [-0.2, -0.15) is 0 Å². The third-order valence-corrected chi connectivity index (χ3v) is 6.19. The lowest BCUT2D eigenvalue weighted by Gasteiger charge is -2.07. The maximum Gasteiger partial charge on any atom is 0.295 e. The zero-order chi connectivity index (χ0) is 20.8. The number of amides is 1. The summed E-state index contributed by atoms with van der Waals surface area (Å²) in [6.07, 6.45) is 2.01. The third-order valence-electron chi connectivity index (χ3n) is 4.18. The highest BCUT2D eigenvalue weighted by Crippen LogP contribution is 2.26. The fourth-order valence-corrected chi connectivity index (χ4v) is 4.41. The molecule has 0 bridgehead atoms. The number of aromatic nitrogens is 4. The number of hydrogen-bond donors (Lipinski definition) is 2. The summed E-state index contributed by atoms with van der Waals surface area (Å²) in [6, 6.07) is 9.32. The van der Waals surface area contributed by atoms with Crippen molar-refractivity contribution in [1.82, 2.24) is 19.6 Å². The maximum atomic E-state index is 12.8. The van der Waals surface area contributed by atoms with Crippen molar-refractivity contribution in [3.05, 3.63) is 59.0 Å². The Morgan fingerprint density at radius 2 is 2.07 bits per heavy atom. The van der Waals surface area contributed by atoms with E-state index in [-0.39, 0.29) is 17.9 Å². The monoisotopic (exact) mass is 430 g/mol. The molecule has 0 saturated carbocycles. The van der Waals surface area contributed by atoms with E-state index < -0.39 is 0 Å². The first-order chi connectivity index (χ1) is 14.0. The molecule has 2 aromatic heterocycles. The number of para-hydroxylation sites is 1. The Kier molecular flexibility index (Phi) is 6.89. The fourth-order valence-electron chi connectivity index (χ4n) is 2.64. The Hall–Kier alpha value is -2.85. The minimum atomic E-state index is -0.251. The van der Waals surface area contributed by atoms with Crippen molar-refractivity contribution in [2.24, 2.45) is 7.05 Å². The van der Waals surface area contributed by atoms with Gasteiger partial charge in [-0.25, -0.2) is 4.68 Å². The molecule has 3 aromatic rings. The van der Waals surface area contributed by atoms with Gasteiger partial charge in [-0.1, -0.05) is 47.4 Å². The van der Waals surface area contributed by atoms with Crippen LogP contribution in [-0.2, 0) is 11.8 Å². The van der Waals surface area contributed by atoms with Gasteiger partial charge < -0.3 is 10.6 Å². The summed E-state index contributed by atoms with van der Waals surface area (Å²) in [7, 11) is 1.79. The Balaban J connectivity index is 1.60. The zero-order valence-corrected chi connectivity index (χ0v) is 17.8. The standard InChI is InChI=1S/C19H22N6O2S2/c1-4-11-20-18-22-23-19(29-18)28-12-10-15(26)21-16-13(2)24(3)25(17(16)27)14-8-6-5-7-9-14/h4-9H,1,10-12H2,2-3H3,(H,20,22)(H,21,26). The second-order valence-corrected chi connectivity index (χ2v) is 8.45. The molecule has 0 spiro atoms. The summed E-state index contributed by atoms with van der Waals surface area (Å²) >= 11 is 2.89. The number of benzene rings is 1. The van der Waals surface area contributed by atoms with Gasteiger partial charge in [-0.05, 0) is 19.1 Å². The van der Waals surface area contributed by atoms with Crippen molar-refractivity contribution < 1.29 is 4.79 Å². The van der Waals surface area contributed by atoms with Crippen molar-refractivity contribution in [2.75, 3.05) is 22.9 Å². The first-order valence-corrected chi connectivity index (χ1v) is 10.8. The number of nitrogens with one attached hydrogen (secondary N) is 2. The first kappa shape index (κ1) is 20.9. The highest BCUT2D eigenvalue weighted by atomic mass is 32.2. The quantitative estimate of drug-likeness (QED) is 0.400. The van der Waals surface area contributed by atoms with Gasteiger partial charge in [0.25, 0.3) is 5.56 Å². The van der Waals surface area contributed by atoms with Crippen LogP contribution in [0.4, 0.5) is 10.8 Å². The predicted octanol–water partition coefficient (Wildman–Crippen LogP) is 3.05. The van der Waals surface area contributed by atoms with E-state index in [1.165, 1.54) is 23.1 Å². The molecule has 0 saturated heterocycles. The molecule has 0 aliphatic heterocycles. The minimum Gasteiger partial charge on any atom is -0.357 e. The smallest absolute Gasteiger partial charge is 0.295 e. The number of hydrogen-bond acceptors (Lipinski definition) is 7. The summed E-state index contributed by atoms with van der Waals surface area (Å²) in [5.74, 6) is 0.332. The van der Waals surface area contributed by atoms with E-state index in [2.05, 4.69) is 27.4 Å². The highest BCUT2D eigenvalue weighted by Gasteiger charge is 2.18. The molecule has 1 aromatic carbocycles. The van der Waals surface area contributed by atoms with Gasteiger partial charge in [-0.3, -0.25) is 14.3 Å². The lowest BCUT2D eigenvalue weighted by atomic mass is 10.3. The molecule has 152 valence electrons. The Morgan fingerprint density at radius 3 is 2.79 bits per heavy atom. The van der Waals surface area contributed by atoms with Crippen molar-refractivity contribution in [1.29, 1.82) is 0 Å². The molecular formula is C19H22N6O2S2. The first-order valence-electron chi connectivity index (χ1n) is 8.96. The van der Waals surface area contributed by atoms with E-state index >= 15 is 0 Å². The van der Waals surface area contributed by atoms with Crippen molar-refractivity contribution in [2.45, 2.75) is 17.7 Å². The van der Waals surface area contributed by atoms with E-state index in [9.17, 15) is 9.59 Å². The lowest BCUT2D eigenvalue weighted by Crippen LogP contribution is -2.23. The van der Waals surface area contributed by atoms with Crippen LogP contribution in [0.5, 0.6) is 0 Å². The number of thioether (sulfide) groups is 1. The number of nitrogens with zero attached hydrogens (tertiary/aromatic N) is 4. The van der Waals surface area contributed by atoms with E-state index in [0.717, 1.165) is 15.2 Å². The average molecular weight is 431 g/mol. The van der Waals surface area contributed by atoms with Crippen LogP contribution in [0.1, 0.15) is 12.1 Å². The highest BCUT2D eigenvalue weighted by molar-refractivity contribution is 8.01. The predicted molar refractivity (Wildman–Crippen MR) is 118 cm³/mol. The molecule has 29 heavy (non-hydrogen) atoms. The average Bonchev–Trinajstić information content (AvgIpc) is 3.25. The van der Waals surface area contributed by atoms with Crippen LogP contribution in [0.3, 0.4) is 0 Å². The zero-order valence-electron chi connectivity index (χ0n) is 16.2. The van der Waals surface area contributed by atoms with E-state index in [4.69, 9.17) is 0 Å². The normalized spacial score (nSPS) is 10.7. The van der Waals surface area contributed by atoms with Gasteiger partial charge in [0.1, 0.15) is 5.69 Å². The molecule has 2 heterocycles. The van der Waals surface area contributed by atoms with E-state index in [0.29, 0.717) is 23.7 Å². The molecule has 0 radical (unpaired) electrons. The molecule has 0 atom stereocenters. The molecule has 10 heteroatoms. The Morgan fingerprint density at radius 1 is 1.31 bits per heavy atom. The van der Waals surface area contributed by atoms with Crippen molar-refractivity contribution in [3.63, 3.8) is 0 Å². The summed E-state index contributed by atoms with van der Waals surface area (Å²) in [5.41, 5.74) is 1.50. The van der Waals surface area contributed by atoms with Crippen LogP contribution < -0.4 is 16.2 Å². The van der Waals surface area contributed by atoms with Crippen LogP contribution in [0.2, 0.25) is 0 Å². The summed E-state index contributed by atoms with van der Waals surface area (Å²) in [5, 5.41) is 14.7. The van der Waals surface area contributed by atoms with Crippen LogP contribution >= 0.6 is 23.1 Å². The Labute approximate surface area is 176 Å². The van der Waals surface area contributed by atoms with Gasteiger partial charge in [0.15, 0.2) is 4.34 Å². The van der Waals surface area contributed by atoms with Gasteiger partial charge in [0.05, 0.1) is 11.4 Å². The van der Waals surface area contributed by atoms with Gasteiger partial charge >= 0.3 is 0 Å². The molecule has 2 N–H and O–H groups in total. The largest absolute Gasteiger partial charge is 0.357 e. The third kappa shape index (κ3) is 4.96. The van der Waals surface area contributed by atoms with Crippen molar-refractivity contribution >= 4 is 39.8 Å². The molecule has 3 rings (SSSR count). The fraction of sp³-hybridized carbons (Fsp3) is 0.263. The summed E-state index contributed by atoms with van der Waals surface area (Å²) in [4.78, 5) is 25.2. The minimum absolute atomic E-state index is 0.210. The number of rotatable bonds is 9. The second kappa shape index (κ2) is 9.57. The molecule has 1 amide bonds. The topological polar surface area (TPSA) is 93.8 Å². The molecule has 0 aliphatic rings. The molecule has 0 unspecified atom stereocenters. The van der Waals surface area contributed by atoms with E-state index in [1.54, 1.807) is 22.5 Å². The molecule has 0 fully saturated rings. The van der Waals surface area contributed by atoms with Crippen LogP contribution in [0, 0.1) is 6.92 Å². The van der Waals surface area contributed by atoms with Crippen molar-refractivity contribution in [3.8, 4) is 5.69 Å². The van der Waals surface area contributed by atoms with Gasteiger partial charge in [0, 0.05) is 25.8 Å². The molecule has 0 aliphatic carbocycles. The second-order valence-electron chi connectivity index (χ2n) is 6.13. The Bertz CT molecular complexity index is 1050. The molecule has 8 nitrogen and oxygen atoms in total. The van der Waals surface area contributed by atoms with Crippen LogP contribution in [0.15, 0.2) is 52.1 Å². The number of carbonyl (C=O) groups is 1. The summed E-state index contributed by atoms with van der Waals surface area (Å²) < 4.78 is 4.06. The van der Waals surface area contributed by atoms with Gasteiger partial charge in [-0.15, -0.1) is 16.8 Å². The summed E-state index contributed by atoms with van der Waals surface area (Å²) in [6.45, 7) is 6.07. The number of carbonyl (C=O) groups excluding carboxylic acids is 1. The molecular weight excluding hydrogens is 408 g/mol.